The fourth-order valence-electron chi connectivity index (χ4n) is 2.76. The lowest BCUT2D eigenvalue weighted by Crippen LogP contribution is -2.55. The average molecular weight is 383 g/mol. The summed E-state index contributed by atoms with van der Waals surface area (Å²) in [6, 6.07) is 6.75. The first-order chi connectivity index (χ1) is 11.3. The number of terminal acetylenes is 1. The molecule has 1 fully saturated rings. The Hall–Kier alpha value is -1.54. The van der Waals surface area contributed by atoms with E-state index < -0.39 is 0 Å². The number of hydrogen-bond donors (Lipinski definition) is 0. The SMILES string of the molecule is C#CC(C)(C)N1CCN(C(=O)CCC(=O)c2ccc(Cl)cc2)CC1.Cl. The summed E-state index contributed by atoms with van der Waals surface area (Å²) in [5, 5.41) is 0.593. The zero-order valence-corrected chi connectivity index (χ0v) is 16.2. The van der Waals surface area contributed by atoms with Gasteiger partial charge in [-0.2, -0.15) is 0 Å². The molecule has 1 saturated heterocycles. The van der Waals surface area contributed by atoms with Crippen LogP contribution < -0.4 is 0 Å². The van der Waals surface area contributed by atoms with Crippen LogP contribution in [0.4, 0.5) is 0 Å². The van der Waals surface area contributed by atoms with Gasteiger partial charge in [0.25, 0.3) is 0 Å². The minimum atomic E-state index is -0.292. The molecule has 1 amide bonds. The van der Waals surface area contributed by atoms with Gasteiger partial charge in [0.2, 0.25) is 5.91 Å². The Morgan fingerprint density at radius 3 is 2.20 bits per heavy atom. The van der Waals surface area contributed by atoms with Gasteiger partial charge in [-0.25, -0.2) is 0 Å². The van der Waals surface area contributed by atoms with Gasteiger partial charge in [-0.15, -0.1) is 18.8 Å². The first-order valence-corrected chi connectivity index (χ1v) is 8.50. The molecule has 1 aliphatic heterocycles. The average Bonchev–Trinajstić information content (AvgIpc) is 2.60. The Bertz CT molecular complexity index is 642. The zero-order valence-electron chi connectivity index (χ0n) is 14.6. The second kappa shape index (κ2) is 9.24. The monoisotopic (exact) mass is 382 g/mol. The van der Waals surface area contributed by atoms with E-state index in [1.165, 1.54) is 0 Å². The van der Waals surface area contributed by atoms with E-state index in [0.29, 0.717) is 23.7 Å². The highest BCUT2D eigenvalue weighted by Crippen LogP contribution is 2.17. The molecule has 0 aromatic heterocycles. The first kappa shape index (κ1) is 21.5. The third-order valence-electron chi connectivity index (χ3n) is 4.51. The maximum absolute atomic E-state index is 12.3. The third kappa shape index (κ3) is 5.74. The van der Waals surface area contributed by atoms with Gasteiger partial charge >= 0.3 is 0 Å². The molecule has 1 aromatic rings. The fourth-order valence-corrected chi connectivity index (χ4v) is 2.89. The van der Waals surface area contributed by atoms with E-state index in [1.807, 2.05) is 18.7 Å². The van der Waals surface area contributed by atoms with Crippen molar-refractivity contribution in [2.45, 2.75) is 32.2 Å². The maximum Gasteiger partial charge on any atom is 0.223 e. The smallest absolute Gasteiger partial charge is 0.223 e. The highest BCUT2D eigenvalue weighted by molar-refractivity contribution is 6.30. The van der Waals surface area contributed by atoms with Crippen LogP contribution in [0.25, 0.3) is 0 Å². The van der Waals surface area contributed by atoms with Crippen molar-refractivity contribution in [3.63, 3.8) is 0 Å². The number of piperazine rings is 1. The van der Waals surface area contributed by atoms with Crippen LogP contribution in [0, 0.1) is 12.3 Å². The number of carbonyl (C=O) groups is 2. The molecule has 4 nitrogen and oxygen atoms in total. The Morgan fingerprint density at radius 2 is 1.68 bits per heavy atom. The quantitative estimate of drug-likeness (QED) is 0.579. The Morgan fingerprint density at radius 1 is 1.12 bits per heavy atom. The molecule has 1 aliphatic rings. The first-order valence-electron chi connectivity index (χ1n) is 8.13. The number of halogens is 2. The van der Waals surface area contributed by atoms with Crippen molar-refractivity contribution in [1.29, 1.82) is 0 Å². The zero-order chi connectivity index (χ0) is 17.7. The Balaban J connectivity index is 0.00000312. The molecule has 6 heteroatoms. The molecule has 1 aromatic carbocycles. The van der Waals surface area contributed by atoms with Gasteiger partial charge in [0.15, 0.2) is 5.78 Å². The summed E-state index contributed by atoms with van der Waals surface area (Å²) in [6.45, 7) is 6.84. The van der Waals surface area contributed by atoms with Crippen LogP contribution in [0.5, 0.6) is 0 Å². The van der Waals surface area contributed by atoms with Crippen molar-refractivity contribution in [1.82, 2.24) is 9.80 Å². The summed E-state index contributed by atoms with van der Waals surface area (Å²) in [5.41, 5.74) is 0.299. The topological polar surface area (TPSA) is 40.6 Å². The van der Waals surface area contributed by atoms with Crippen LogP contribution in [0.15, 0.2) is 24.3 Å². The molecule has 2 rings (SSSR count). The number of amides is 1. The largest absolute Gasteiger partial charge is 0.340 e. The number of hydrogen-bond acceptors (Lipinski definition) is 3. The Labute approximate surface area is 160 Å². The summed E-state index contributed by atoms with van der Waals surface area (Å²) in [4.78, 5) is 28.5. The highest BCUT2D eigenvalue weighted by atomic mass is 35.5. The third-order valence-corrected chi connectivity index (χ3v) is 4.76. The van der Waals surface area contributed by atoms with Gasteiger partial charge in [0, 0.05) is 49.6 Å². The number of Topliss-reactive ketones (excluding diaryl/α,β-unsaturated/α-hetero) is 1. The van der Waals surface area contributed by atoms with E-state index in [2.05, 4.69) is 10.8 Å². The molecule has 25 heavy (non-hydrogen) atoms. The molecule has 0 radical (unpaired) electrons. The number of ketones is 1. The number of rotatable bonds is 5. The number of benzene rings is 1. The van der Waals surface area contributed by atoms with Crippen molar-refractivity contribution in [2.24, 2.45) is 0 Å². The molecular weight excluding hydrogens is 359 g/mol. The molecule has 0 unspecified atom stereocenters. The molecule has 0 bridgehead atoms. The van der Waals surface area contributed by atoms with Gasteiger partial charge < -0.3 is 4.90 Å². The highest BCUT2D eigenvalue weighted by Gasteiger charge is 2.29. The molecule has 0 spiro atoms. The van der Waals surface area contributed by atoms with Gasteiger partial charge in [-0.3, -0.25) is 14.5 Å². The lowest BCUT2D eigenvalue weighted by molar-refractivity contribution is -0.133. The molecule has 0 atom stereocenters. The van der Waals surface area contributed by atoms with E-state index in [4.69, 9.17) is 18.0 Å². The van der Waals surface area contributed by atoms with Crippen molar-refractivity contribution in [2.75, 3.05) is 26.2 Å². The maximum atomic E-state index is 12.3. The molecular formula is C19H24Cl2N2O2. The van der Waals surface area contributed by atoms with E-state index in [1.54, 1.807) is 24.3 Å². The molecule has 0 N–H and O–H groups in total. The minimum absolute atomic E-state index is 0. The van der Waals surface area contributed by atoms with Crippen LogP contribution >= 0.6 is 24.0 Å². The second-order valence-corrected chi connectivity index (χ2v) is 6.94. The molecule has 0 aliphatic carbocycles. The minimum Gasteiger partial charge on any atom is -0.340 e. The standard InChI is InChI=1S/C19H23ClN2O2.ClH/c1-4-19(2,3)22-13-11-21(12-14-22)18(24)10-9-17(23)15-5-7-16(20)8-6-15;/h1,5-8H,9-14H2,2-3H3;1H. The van der Waals surface area contributed by atoms with Crippen molar-refractivity contribution >= 4 is 35.7 Å². The lowest BCUT2D eigenvalue weighted by atomic mass is 10.0. The second-order valence-electron chi connectivity index (χ2n) is 6.50. The van der Waals surface area contributed by atoms with Crippen molar-refractivity contribution < 1.29 is 9.59 Å². The van der Waals surface area contributed by atoms with Gasteiger partial charge in [-0.1, -0.05) is 17.5 Å². The summed E-state index contributed by atoms with van der Waals surface area (Å²) in [7, 11) is 0. The van der Waals surface area contributed by atoms with Crippen LogP contribution in [0.2, 0.25) is 5.02 Å². The Kier molecular flexibility index (Phi) is 7.95. The van der Waals surface area contributed by atoms with Crippen LogP contribution in [0.1, 0.15) is 37.0 Å². The number of carbonyl (C=O) groups excluding carboxylic acids is 2. The molecule has 0 saturated carbocycles. The number of nitrogens with zero attached hydrogens (tertiary/aromatic N) is 2. The van der Waals surface area contributed by atoms with Gasteiger partial charge in [0.1, 0.15) is 0 Å². The molecule has 1 heterocycles. The summed E-state index contributed by atoms with van der Waals surface area (Å²) in [6.07, 6.45) is 6.01. The fraction of sp³-hybridized carbons (Fsp3) is 0.474. The lowest BCUT2D eigenvalue weighted by Gasteiger charge is -2.41. The predicted octanol–water partition coefficient (Wildman–Crippen LogP) is 3.28. The van der Waals surface area contributed by atoms with E-state index >= 15 is 0 Å². The summed E-state index contributed by atoms with van der Waals surface area (Å²) >= 11 is 5.81. The van der Waals surface area contributed by atoms with Crippen LogP contribution in [-0.2, 0) is 4.79 Å². The van der Waals surface area contributed by atoms with E-state index in [9.17, 15) is 9.59 Å². The van der Waals surface area contributed by atoms with Gasteiger partial charge in [0.05, 0.1) is 5.54 Å². The predicted molar refractivity (Wildman–Crippen MR) is 103 cm³/mol. The summed E-state index contributed by atoms with van der Waals surface area (Å²) in [5.74, 6) is 2.77. The van der Waals surface area contributed by atoms with Crippen LogP contribution in [0.3, 0.4) is 0 Å². The van der Waals surface area contributed by atoms with Crippen molar-refractivity contribution in [3.8, 4) is 12.3 Å². The van der Waals surface area contributed by atoms with Gasteiger partial charge in [-0.05, 0) is 38.1 Å². The normalized spacial score (nSPS) is 15.2. The van der Waals surface area contributed by atoms with Crippen molar-refractivity contribution in [3.05, 3.63) is 34.9 Å². The van der Waals surface area contributed by atoms with Crippen LogP contribution in [-0.4, -0.2) is 53.2 Å². The van der Waals surface area contributed by atoms with E-state index in [0.717, 1.165) is 13.1 Å². The van der Waals surface area contributed by atoms with E-state index in [-0.39, 0.29) is 42.5 Å². The molecule has 136 valence electrons. The summed E-state index contributed by atoms with van der Waals surface area (Å²) < 4.78 is 0.